The molecule has 1 aliphatic carbocycles. The Bertz CT molecular complexity index is 552. The highest BCUT2D eigenvalue weighted by atomic mass is 16.1. The predicted octanol–water partition coefficient (Wildman–Crippen LogP) is 3.46. The van der Waals surface area contributed by atoms with Gasteiger partial charge in [-0.15, -0.1) is 0 Å². The molecule has 1 saturated carbocycles. The first-order valence-corrected chi connectivity index (χ1v) is 6.18. The lowest BCUT2D eigenvalue weighted by atomic mass is 9.83. The number of carbonyl (C=O) groups is 1. The number of fused-ring (bicyclic) bond motifs is 1. The molecule has 0 amide bonds. The van der Waals surface area contributed by atoms with E-state index in [1.54, 1.807) is 0 Å². The van der Waals surface area contributed by atoms with Crippen LogP contribution in [0.3, 0.4) is 0 Å². The van der Waals surface area contributed by atoms with Crippen molar-refractivity contribution in [3.8, 4) is 0 Å². The highest BCUT2D eigenvalue weighted by molar-refractivity contribution is 5.82. The van der Waals surface area contributed by atoms with Gasteiger partial charge in [-0.2, -0.15) is 0 Å². The van der Waals surface area contributed by atoms with E-state index in [0.29, 0.717) is 11.7 Å². The third-order valence-electron chi connectivity index (χ3n) is 3.68. The van der Waals surface area contributed by atoms with Crippen molar-refractivity contribution in [2.45, 2.75) is 31.6 Å². The highest BCUT2D eigenvalue weighted by Crippen LogP contribution is 2.32. The summed E-state index contributed by atoms with van der Waals surface area (Å²) in [4.78, 5) is 15.4. The van der Waals surface area contributed by atoms with Crippen molar-refractivity contribution in [3.63, 3.8) is 0 Å². The quantitative estimate of drug-likeness (QED) is 0.744. The molecule has 1 aromatic heterocycles. The Morgan fingerprint density at radius 2 is 1.88 bits per heavy atom. The van der Waals surface area contributed by atoms with Gasteiger partial charge in [0.25, 0.3) is 0 Å². The van der Waals surface area contributed by atoms with Crippen LogP contribution in [0.15, 0.2) is 36.7 Å². The topological polar surface area (TPSA) is 30.0 Å². The smallest absolute Gasteiger partial charge is 0.132 e. The molecule has 1 fully saturated rings. The lowest BCUT2D eigenvalue weighted by Crippen LogP contribution is -2.12. The number of ketones is 1. The third kappa shape index (κ3) is 2.07. The second-order valence-electron chi connectivity index (χ2n) is 4.80. The standard InChI is InChI=1S/C15H15NO/c17-15-5-3-11(4-6-15)12-1-2-14-10-16-8-7-13(14)9-12/h1-2,7-11H,3-6H2. The maximum Gasteiger partial charge on any atom is 0.132 e. The summed E-state index contributed by atoms with van der Waals surface area (Å²) in [5.74, 6) is 0.983. The molecular formula is C15H15NO. The van der Waals surface area contributed by atoms with Gasteiger partial charge < -0.3 is 0 Å². The van der Waals surface area contributed by atoms with Crippen molar-refractivity contribution in [2.24, 2.45) is 0 Å². The number of hydrogen-bond acceptors (Lipinski definition) is 2. The van der Waals surface area contributed by atoms with Crippen molar-refractivity contribution in [3.05, 3.63) is 42.2 Å². The molecule has 0 radical (unpaired) electrons. The van der Waals surface area contributed by atoms with E-state index in [1.807, 2.05) is 18.5 Å². The summed E-state index contributed by atoms with van der Waals surface area (Å²) < 4.78 is 0. The molecule has 1 aromatic carbocycles. The van der Waals surface area contributed by atoms with Crippen molar-refractivity contribution >= 4 is 16.6 Å². The molecule has 2 aromatic rings. The fourth-order valence-corrected chi connectivity index (χ4v) is 2.63. The van der Waals surface area contributed by atoms with Gasteiger partial charge in [-0.05, 0) is 35.8 Å². The molecule has 0 spiro atoms. The number of pyridine rings is 1. The van der Waals surface area contributed by atoms with Crippen molar-refractivity contribution < 1.29 is 4.79 Å². The molecule has 0 N–H and O–H groups in total. The van der Waals surface area contributed by atoms with Crippen LogP contribution >= 0.6 is 0 Å². The van der Waals surface area contributed by atoms with Crippen LogP contribution in [0.1, 0.15) is 37.2 Å². The minimum Gasteiger partial charge on any atom is -0.300 e. The van der Waals surface area contributed by atoms with Crippen LogP contribution in [-0.2, 0) is 4.79 Å². The maximum atomic E-state index is 11.2. The summed E-state index contributed by atoms with van der Waals surface area (Å²) in [6.45, 7) is 0. The van der Waals surface area contributed by atoms with Crippen LogP contribution in [0.2, 0.25) is 0 Å². The van der Waals surface area contributed by atoms with Gasteiger partial charge in [-0.1, -0.05) is 18.2 Å². The summed E-state index contributed by atoms with van der Waals surface area (Å²) in [7, 11) is 0. The van der Waals surface area contributed by atoms with Crippen molar-refractivity contribution in [1.29, 1.82) is 0 Å². The summed E-state index contributed by atoms with van der Waals surface area (Å²) >= 11 is 0. The summed E-state index contributed by atoms with van der Waals surface area (Å²) in [5.41, 5.74) is 1.37. The van der Waals surface area contributed by atoms with Gasteiger partial charge >= 0.3 is 0 Å². The second-order valence-corrected chi connectivity index (χ2v) is 4.80. The van der Waals surface area contributed by atoms with Gasteiger partial charge in [0.2, 0.25) is 0 Å². The Morgan fingerprint density at radius 3 is 2.71 bits per heavy atom. The molecule has 0 bridgehead atoms. The van der Waals surface area contributed by atoms with E-state index in [2.05, 4.69) is 23.2 Å². The number of benzene rings is 1. The molecule has 2 heteroatoms. The van der Waals surface area contributed by atoms with Crippen molar-refractivity contribution in [2.75, 3.05) is 0 Å². The van der Waals surface area contributed by atoms with Crippen LogP contribution in [0, 0.1) is 0 Å². The predicted molar refractivity (Wildman–Crippen MR) is 68.0 cm³/mol. The van der Waals surface area contributed by atoms with Crippen LogP contribution in [0.25, 0.3) is 10.8 Å². The molecule has 17 heavy (non-hydrogen) atoms. The van der Waals surface area contributed by atoms with Gasteiger partial charge in [0.1, 0.15) is 5.78 Å². The zero-order valence-electron chi connectivity index (χ0n) is 9.73. The lowest BCUT2D eigenvalue weighted by molar-refractivity contribution is -0.120. The first-order chi connectivity index (χ1) is 8.33. The number of Topliss-reactive ketones (excluding diaryl/α,β-unsaturated/α-hetero) is 1. The van der Waals surface area contributed by atoms with E-state index in [9.17, 15) is 4.79 Å². The minimum absolute atomic E-state index is 0.422. The van der Waals surface area contributed by atoms with Gasteiger partial charge in [0, 0.05) is 30.6 Å². The van der Waals surface area contributed by atoms with Gasteiger partial charge in [0.05, 0.1) is 0 Å². The Kier molecular flexibility index (Phi) is 2.63. The van der Waals surface area contributed by atoms with E-state index in [4.69, 9.17) is 0 Å². The second kappa shape index (κ2) is 4.28. The first kappa shape index (κ1) is 10.5. The number of nitrogens with zero attached hydrogens (tertiary/aromatic N) is 1. The molecule has 86 valence electrons. The fourth-order valence-electron chi connectivity index (χ4n) is 2.63. The zero-order valence-corrected chi connectivity index (χ0v) is 9.73. The first-order valence-electron chi connectivity index (χ1n) is 6.18. The van der Waals surface area contributed by atoms with E-state index >= 15 is 0 Å². The van der Waals surface area contributed by atoms with Crippen LogP contribution in [-0.4, -0.2) is 10.8 Å². The number of hydrogen-bond donors (Lipinski definition) is 0. The van der Waals surface area contributed by atoms with Gasteiger partial charge in [-0.3, -0.25) is 9.78 Å². The molecule has 1 heterocycles. The zero-order chi connectivity index (χ0) is 11.7. The number of carbonyl (C=O) groups excluding carboxylic acids is 1. The molecule has 0 aliphatic heterocycles. The molecular weight excluding hydrogens is 210 g/mol. The molecule has 3 rings (SSSR count). The Morgan fingerprint density at radius 1 is 1.06 bits per heavy atom. The minimum atomic E-state index is 0.422. The molecule has 1 aliphatic rings. The Hall–Kier alpha value is -1.70. The van der Waals surface area contributed by atoms with Crippen LogP contribution in [0.5, 0.6) is 0 Å². The molecule has 0 unspecified atom stereocenters. The summed E-state index contributed by atoms with van der Waals surface area (Å²) in [5, 5.41) is 2.43. The number of rotatable bonds is 1. The van der Waals surface area contributed by atoms with E-state index in [-0.39, 0.29) is 0 Å². The Labute approximate surface area is 101 Å². The van der Waals surface area contributed by atoms with E-state index in [0.717, 1.165) is 25.7 Å². The third-order valence-corrected chi connectivity index (χ3v) is 3.68. The van der Waals surface area contributed by atoms with E-state index < -0.39 is 0 Å². The van der Waals surface area contributed by atoms with Crippen LogP contribution < -0.4 is 0 Å². The fraction of sp³-hybridized carbons (Fsp3) is 0.333. The SMILES string of the molecule is O=C1CCC(c2ccc3cnccc3c2)CC1. The summed E-state index contributed by atoms with van der Waals surface area (Å²) in [6.07, 6.45) is 7.24. The average Bonchev–Trinajstić information content (AvgIpc) is 2.39. The van der Waals surface area contributed by atoms with Gasteiger partial charge in [0.15, 0.2) is 0 Å². The highest BCUT2D eigenvalue weighted by Gasteiger charge is 2.20. The lowest BCUT2D eigenvalue weighted by Gasteiger charge is -2.21. The largest absolute Gasteiger partial charge is 0.300 e. The molecule has 2 nitrogen and oxygen atoms in total. The monoisotopic (exact) mass is 225 g/mol. The number of aromatic nitrogens is 1. The molecule has 0 atom stereocenters. The van der Waals surface area contributed by atoms with Gasteiger partial charge in [-0.25, -0.2) is 0 Å². The maximum absolute atomic E-state index is 11.2. The normalized spacial score (nSPS) is 17.5. The Balaban J connectivity index is 1.92. The van der Waals surface area contributed by atoms with Crippen LogP contribution in [0.4, 0.5) is 0 Å². The molecule has 0 saturated heterocycles. The average molecular weight is 225 g/mol. The van der Waals surface area contributed by atoms with Crippen molar-refractivity contribution in [1.82, 2.24) is 4.98 Å². The van der Waals surface area contributed by atoms with E-state index in [1.165, 1.54) is 16.3 Å². The summed E-state index contributed by atoms with van der Waals surface area (Å²) in [6, 6.07) is 8.61.